The third kappa shape index (κ3) is 1.95. The molecule has 0 unspecified atom stereocenters. The van der Waals surface area contributed by atoms with Crippen LogP contribution in [0.5, 0.6) is 0 Å². The van der Waals surface area contributed by atoms with Crippen LogP contribution in [0.15, 0.2) is 24.3 Å². The van der Waals surface area contributed by atoms with Crippen molar-refractivity contribution in [2.75, 3.05) is 11.9 Å². The Kier molecular flexibility index (Phi) is 2.97. The Bertz CT molecular complexity index is 674. The molecule has 0 amide bonds. The second-order valence-corrected chi connectivity index (χ2v) is 5.31. The van der Waals surface area contributed by atoms with Crippen molar-refractivity contribution in [3.05, 3.63) is 41.1 Å². The quantitative estimate of drug-likeness (QED) is 0.900. The molecule has 2 heterocycles. The lowest BCUT2D eigenvalue weighted by atomic mass is 10.1. The van der Waals surface area contributed by atoms with Gasteiger partial charge in [0.15, 0.2) is 0 Å². The number of aromatic nitrogens is 2. The van der Waals surface area contributed by atoms with E-state index in [2.05, 4.69) is 24.3 Å². The minimum Gasteiger partial charge on any atom is -0.478 e. The Morgan fingerprint density at radius 2 is 2.25 bits per heavy atom. The summed E-state index contributed by atoms with van der Waals surface area (Å²) in [6.45, 7) is 5.16. The molecular weight excluding hydrogens is 254 g/mol. The van der Waals surface area contributed by atoms with Crippen LogP contribution in [0.2, 0.25) is 0 Å². The molecule has 5 heteroatoms. The van der Waals surface area contributed by atoms with Crippen molar-refractivity contribution in [2.45, 2.75) is 26.2 Å². The van der Waals surface area contributed by atoms with Crippen molar-refractivity contribution in [3.63, 3.8) is 0 Å². The Hall–Kier alpha value is -2.30. The van der Waals surface area contributed by atoms with Crippen molar-refractivity contribution in [2.24, 2.45) is 0 Å². The molecule has 3 rings (SSSR count). The fourth-order valence-corrected chi connectivity index (χ4v) is 2.62. The molecule has 0 saturated heterocycles. The fourth-order valence-electron chi connectivity index (χ4n) is 2.62. The van der Waals surface area contributed by atoms with E-state index < -0.39 is 5.97 Å². The first-order chi connectivity index (χ1) is 9.58. The van der Waals surface area contributed by atoms with Gasteiger partial charge in [-0.2, -0.15) is 5.10 Å². The van der Waals surface area contributed by atoms with Crippen molar-refractivity contribution >= 4 is 11.8 Å². The standard InChI is InChI=1S/C15H17N3O2/c1-9(2)13-12-6-7-16-14(12)18(17-13)11-5-3-4-10(8-11)15(19)20/h3-5,8-9,16H,6-7H2,1-2H3,(H,19,20). The van der Waals surface area contributed by atoms with Crippen molar-refractivity contribution in [3.8, 4) is 5.69 Å². The van der Waals surface area contributed by atoms with E-state index in [-0.39, 0.29) is 5.56 Å². The maximum Gasteiger partial charge on any atom is 0.335 e. The van der Waals surface area contributed by atoms with Gasteiger partial charge in [-0.1, -0.05) is 19.9 Å². The van der Waals surface area contributed by atoms with Crippen LogP contribution in [0.1, 0.15) is 41.4 Å². The van der Waals surface area contributed by atoms with Gasteiger partial charge in [0.05, 0.1) is 16.9 Å². The van der Waals surface area contributed by atoms with Gasteiger partial charge in [-0.25, -0.2) is 9.48 Å². The minimum atomic E-state index is -0.923. The Balaban J connectivity index is 2.13. The van der Waals surface area contributed by atoms with Crippen LogP contribution in [0.3, 0.4) is 0 Å². The topological polar surface area (TPSA) is 67.2 Å². The van der Waals surface area contributed by atoms with Gasteiger partial charge in [0.2, 0.25) is 0 Å². The van der Waals surface area contributed by atoms with Crippen LogP contribution in [0, 0.1) is 0 Å². The molecule has 0 fully saturated rings. The highest BCUT2D eigenvalue weighted by atomic mass is 16.4. The average Bonchev–Trinajstić information content (AvgIpc) is 2.99. The van der Waals surface area contributed by atoms with Gasteiger partial charge in [-0.05, 0) is 30.5 Å². The monoisotopic (exact) mass is 271 g/mol. The number of fused-ring (bicyclic) bond motifs is 1. The van der Waals surface area contributed by atoms with Crippen LogP contribution in [0.4, 0.5) is 5.82 Å². The number of benzene rings is 1. The summed E-state index contributed by atoms with van der Waals surface area (Å²) in [6, 6.07) is 6.87. The molecule has 0 spiro atoms. The fraction of sp³-hybridized carbons (Fsp3) is 0.333. The van der Waals surface area contributed by atoms with Gasteiger partial charge in [0, 0.05) is 12.1 Å². The van der Waals surface area contributed by atoms with E-state index in [9.17, 15) is 4.79 Å². The largest absolute Gasteiger partial charge is 0.478 e. The highest BCUT2D eigenvalue weighted by Gasteiger charge is 2.24. The zero-order valence-corrected chi connectivity index (χ0v) is 11.6. The molecule has 0 radical (unpaired) electrons. The molecule has 1 aromatic carbocycles. The molecule has 0 bridgehead atoms. The van der Waals surface area contributed by atoms with E-state index in [1.54, 1.807) is 18.2 Å². The van der Waals surface area contributed by atoms with E-state index in [1.165, 1.54) is 5.56 Å². The van der Waals surface area contributed by atoms with Gasteiger partial charge >= 0.3 is 5.97 Å². The first-order valence-corrected chi connectivity index (χ1v) is 6.77. The number of aromatic carboxylic acids is 1. The maximum absolute atomic E-state index is 11.1. The van der Waals surface area contributed by atoms with Crippen molar-refractivity contribution in [1.29, 1.82) is 0 Å². The van der Waals surface area contributed by atoms with Crippen molar-refractivity contribution < 1.29 is 9.90 Å². The molecule has 2 aromatic rings. The summed E-state index contributed by atoms with van der Waals surface area (Å²) in [5.74, 6) is 0.427. The van der Waals surface area contributed by atoms with Gasteiger partial charge in [0.1, 0.15) is 5.82 Å². The number of carboxylic acid groups (broad SMARTS) is 1. The molecule has 2 N–H and O–H groups in total. The molecule has 0 saturated carbocycles. The lowest BCUT2D eigenvalue weighted by Gasteiger charge is -2.07. The first-order valence-electron chi connectivity index (χ1n) is 6.77. The van der Waals surface area contributed by atoms with E-state index >= 15 is 0 Å². The SMILES string of the molecule is CC(C)c1nn(-c2cccc(C(=O)O)c2)c2c1CCN2. The molecule has 1 aromatic heterocycles. The van der Waals surface area contributed by atoms with Crippen LogP contribution in [0.25, 0.3) is 5.69 Å². The smallest absolute Gasteiger partial charge is 0.335 e. The lowest BCUT2D eigenvalue weighted by molar-refractivity contribution is 0.0697. The first kappa shape index (κ1) is 12.7. The molecule has 20 heavy (non-hydrogen) atoms. The molecule has 104 valence electrons. The Labute approximate surface area is 117 Å². The summed E-state index contributed by atoms with van der Waals surface area (Å²) in [5, 5.41) is 17.1. The summed E-state index contributed by atoms with van der Waals surface area (Å²) in [4.78, 5) is 11.1. The lowest BCUT2D eigenvalue weighted by Crippen LogP contribution is -2.06. The molecule has 0 aliphatic carbocycles. The molecule has 0 atom stereocenters. The Morgan fingerprint density at radius 3 is 2.95 bits per heavy atom. The number of hydrogen-bond donors (Lipinski definition) is 2. The van der Waals surface area contributed by atoms with E-state index in [0.29, 0.717) is 5.92 Å². The number of nitrogens with zero attached hydrogens (tertiary/aromatic N) is 2. The van der Waals surface area contributed by atoms with Crippen LogP contribution in [-0.4, -0.2) is 27.4 Å². The van der Waals surface area contributed by atoms with E-state index in [0.717, 1.165) is 30.2 Å². The highest BCUT2D eigenvalue weighted by molar-refractivity contribution is 5.88. The third-order valence-corrected chi connectivity index (χ3v) is 3.57. The highest BCUT2D eigenvalue weighted by Crippen LogP contribution is 2.32. The number of nitrogens with one attached hydrogen (secondary N) is 1. The molecule has 1 aliphatic heterocycles. The van der Waals surface area contributed by atoms with Gasteiger partial charge in [-0.3, -0.25) is 0 Å². The second-order valence-electron chi connectivity index (χ2n) is 5.31. The van der Waals surface area contributed by atoms with Crippen LogP contribution >= 0.6 is 0 Å². The van der Waals surface area contributed by atoms with E-state index in [4.69, 9.17) is 5.11 Å². The number of rotatable bonds is 3. The third-order valence-electron chi connectivity index (χ3n) is 3.57. The normalized spacial score (nSPS) is 13.3. The van der Waals surface area contributed by atoms with Gasteiger partial charge < -0.3 is 10.4 Å². The Morgan fingerprint density at radius 1 is 1.45 bits per heavy atom. The molecule has 5 nitrogen and oxygen atoms in total. The number of hydrogen-bond acceptors (Lipinski definition) is 3. The zero-order valence-electron chi connectivity index (χ0n) is 11.6. The van der Waals surface area contributed by atoms with Gasteiger partial charge in [-0.15, -0.1) is 0 Å². The van der Waals surface area contributed by atoms with Gasteiger partial charge in [0.25, 0.3) is 0 Å². The predicted octanol–water partition coefficient (Wildman–Crippen LogP) is 2.66. The zero-order chi connectivity index (χ0) is 14.3. The number of carbonyl (C=O) groups is 1. The maximum atomic E-state index is 11.1. The molecule has 1 aliphatic rings. The van der Waals surface area contributed by atoms with Crippen LogP contribution in [-0.2, 0) is 6.42 Å². The summed E-state index contributed by atoms with van der Waals surface area (Å²) < 4.78 is 1.82. The second kappa shape index (κ2) is 4.67. The van der Waals surface area contributed by atoms with Crippen molar-refractivity contribution in [1.82, 2.24) is 9.78 Å². The molecular formula is C15H17N3O2. The minimum absolute atomic E-state index is 0.274. The number of anilines is 1. The summed E-state index contributed by atoms with van der Waals surface area (Å²) >= 11 is 0. The summed E-state index contributed by atoms with van der Waals surface area (Å²) in [5.41, 5.74) is 3.39. The summed E-state index contributed by atoms with van der Waals surface area (Å²) in [7, 11) is 0. The predicted molar refractivity (Wildman–Crippen MR) is 76.8 cm³/mol. The number of carboxylic acids is 1. The summed E-state index contributed by atoms with van der Waals surface area (Å²) in [6.07, 6.45) is 0.974. The average molecular weight is 271 g/mol. The van der Waals surface area contributed by atoms with E-state index in [1.807, 2.05) is 10.7 Å². The van der Waals surface area contributed by atoms with Crippen LogP contribution < -0.4 is 5.32 Å².